The lowest BCUT2D eigenvalue weighted by atomic mass is 10.0. The minimum absolute atomic E-state index is 0.277. The number of aliphatic imine (C=N–C) groups is 1. The number of hydrogen-bond acceptors (Lipinski definition) is 2. The molecule has 16 heavy (non-hydrogen) atoms. The van der Waals surface area contributed by atoms with Crippen LogP contribution in [0.1, 0.15) is 27.2 Å². The van der Waals surface area contributed by atoms with Crippen LogP contribution in [0.2, 0.25) is 18.1 Å². The van der Waals surface area contributed by atoms with E-state index in [1.807, 2.05) is 12.3 Å². The summed E-state index contributed by atoms with van der Waals surface area (Å²) in [6.07, 6.45) is 5.04. The molecular weight excluding hydrogens is 214 g/mol. The first kappa shape index (κ1) is 13.7. The average molecular weight is 239 g/mol. The van der Waals surface area contributed by atoms with Crippen LogP contribution in [0.15, 0.2) is 17.6 Å². The van der Waals surface area contributed by atoms with Crippen molar-refractivity contribution in [3.05, 3.63) is 12.7 Å². The molecule has 0 unspecified atom stereocenters. The first-order valence-corrected chi connectivity index (χ1v) is 8.97. The molecule has 1 rings (SSSR count). The maximum Gasteiger partial charge on any atom is 0.192 e. The van der Waals surface area contributed by atoms with Crippen LogP contribution in [0.25, 0.3) is 0 Å². The van der Waals surface area contributed by atoms with Crippen molar-refractivity contribution in [2.75, 3.05) is 6.61 Å². The molecular formula is C13H25NOSi. The van der Waals surface area contributed by atoms with Crippen LogP contribution in [0, 0.1) is 5.92 Å². The molecule has 0 aromatic rings. The lowest BCUT2D eigenvalue weighted by Crippen LogP contribution is -2.42. The van der Waals surface area contributed by atoms with Crippen LogP contribution in [0.5, 0.6) is 0 Å². The highest BCUT2D eigenvalue weighted by Crippen LogP contribution is 2.37. The zero-order chi connectivity index (χ0) is 12.4. The van der Waals surface area contributed by atoms with E-state index >= 15 is 0 Å². The van der Waals surface area contributed by atoms with Crippen LogP contribution in [-0.2, 0) is 4.43 Å². The van der Waals surface area contributed by atoms with Crippen molar-refractivity contribution in [3.63, 3.8) is 0 Å². The second-order valence-electron chi connectivity index (χ2n) is 6.11. The molecule has 3 heteroatoms. The molecule has 0 N–H and O–H groups in total. The maximum absolute atomic E-state index is 6.19. The van der Waals surface area contributed by atoms with Crippen molar-refractivity contribution in [2.45, 2.75) is 51.4 Å². The quantitative estimate of drug-likeness (QED) is 0.542. The van der Waals surface area contributed by atoms with E-state index in [1.165, 1.54) is 0 Å². The first-order chi connectivity index (χ1) is 7.28. The van der Waals surface area contributed by atoms with Gasteiger partial charge in [0.1, 0.15) is 0 Å². The fraction of sp³-hybridized carbons (Fsp3) is 0.769. The fourth-order valence-corrected chi connectivity index (χ4v) is 2.54. The number of nitrogens with zero attached hydrogens (tertiary/aromatic N) is 1. The van der Waals surface area contributed by atoms with E-state index in [2.05, 4.69) is 45.4 Å². The summed E-state index contributed by atoms with van der Waals surface area (Å²) in [5.41, 5.74) is 0. The Morgan fingerprint density at radius 1 is 1.50 bits per heavy atom. The van der Waals surface area contributed by atoms with Crippen molar-refractivity contribution in [1.82, 2.24) is 0 Å². The van der Waals surface area contributed by atoms with E-state index in [0.29, 0.717) is 12.0 Å². The lowest BCUT2D eigenvalue weighted by molar-refractivity contribution is 0.249. The molecule has 1 aliphatic rings. The minimum Gasteiger partial charge on any atom is -0.415 e. The molecule has 92 valence electrons. The van der Waals surface area contributed by atoms with E-state index in [-0.39, 0.29) is 5.04 Å². The van der Waals surface area contributed by atoms with Gasteiger partial charge >= 0.3 is 0 Å². The zero-order valence-electron chi connectivity index (χ0n) is 11.3. The van der Waals surface area contributed by atoms with Crippen LogP contribution >= 0.6 is 0 Å². The third-order valence-corrected chi connectivity index (χ3v) is 8.39. The SMILES string of the molecule is C=C[C@H]1CC=N[C@H]1CO[Si](C)(C)C(C)(C)C. The van der Waals surface area contributed by atoms with Crippen LogP contribution in [0.3, 0.4) is 0 Å². The highest BCUT2D eigenvalue weighted by Gasteiger charge is 2.38. The van der Waals surface area contributed by atoms with Gasteiger partial charge in [0.15, 0.2) is 8.32 Å². The summed E-state index contributed by atoms with van der Waals surface area (Å²) in [5, 5.41) is 0.277. The van der Waals surface area contributed by atoms with Gasteiger partial charge in [-0.3, -0.25) is 4.99 Å². The van der Waals surface area contributed by atoms with Crippen molar-refractivity contribution < 1.29 is 4.43 Å². The topological polar surface area (TPSA) is 21.6 Å². The van der Waals surface area contributed by atoms with Crippen molar-refractivity contribution in [2.24, 2.45) is 10.9 Å². The minimum atomic E-state index is -1.62. The van der Waals surface area contributed by atoms with Gasteiger partial charge in [-0.25, -0.2) is 0 Å². The lowest BCUT2D eigenvalue weighted by Gasteiger charge is -2.37. The second-order valence-corrected chi connectivity index (χ2v) is 10.9. The van der Waals surface area contributed by atoms with E-state index in [9.17, 15) is 0 Å². The highest BCUT2D eigenvalue weighted by molar-refractivity contribution is 6.74. The Morgan fingerprint density at radius 2 is 2.12 bits per heavy atom. The molecule has 0 aliphatic carbocycles. The monoisotopic (exact) mass is 239 g/mol. The molecule has 0 amide bonds. The van der Waals surface area contributed by atoms with E-state index in [1.54, 1.807) is 0 Å². The molecule has 0 aromatic carbocycles. The molecule has 0 saturated heterocycles. The summed E-state index contributed by atoms with van der Waals surface area (Å²) in [6.45, 7) is 16.0. The Labute approximate surface area is 101 Å². The molecule has 0 spiro atoms. The van der Waals surface area contributed by atoms with Crippen molar-refractivity contribution >= 4 is 14.5 Å². The van der Waals surface area contributed by atoms with Gasteiger partial charge in [-0.05, 0) is 30.8 Å². The highest BCUT2D eigenvalue weighted by atomic mass is 28.4. The third kappa shape index (κ3) is 3.05. The van der Waals surface area contributed by atoms with Crippen molar-refractivity contribution in [3.8, 4) is 0 Å². The molecule has 0 aromatic heterocycles. The standard InChI is InChI=1S/C13H25NOSi/c1-7-11-8-9-14-12(11)10-15-16(5,6)13(2,3)4/h7,9,11-12H,1,8,10H2,2-6H3/t11-,12-/m0/s1. The van der Waals surface area contributed by atoms with Crippen LogP contribution < -0.4 is 0 Å². The molecule has 0 bridgehead atoms. The molecule has 0 radical (unpaired) electrons. The van der Waals surface area contributed by atoms with E-state index in [4.69, 9.17) is 4.43 Å². The molecule has 2 atom stereocenters. The Morgan fingerprint density at radius 3 is 2.62 bits per heavy atom. The van der Waals surface area contributed by atoms with Gasteiger partial charge in [-0.1, -0.05) is 26.8 Å². The fourth-order valence-electron chi connectivity index (χ4n) is 1.52. The average Bonchev–Trinajstić information content (AvgIpc) is 2.60. The Hall–Kier alpha value is -0.413. The van der Waals surface area contributed by atoms with Gasteiger partial charge in [-0.2, -0.15) is 0 Å². The summed E-state index contributed by atoms with van der Waals surface area (Å²) in [5.74, 6) is 0.477. The van der Waals surface area contributed by atoms with Gasteiger partial charge in [0.25, 0.3) is 0 Å². The Bertz CT molecular complexity index is 278. The zero-order valence-corrected chi connectivity index (χ0v) is 12.3. The van der Waals surface area contributed by atoms with Crippen LogP contribution in [-0.4, -0.2) is 27.2 Å². The summed E-state index contributed by atoms with van der Waals surface area (Å²) < 4.78 is 6.19. The largest absolute Gasteiger partial charge is 0.415 e. The number of rotatable bonds is 4. The first-order valence-electron chi connectivity index (χ1n) is 6.06. The van der Waals surface area contributed by atoms with E-state index < -0.39 is 8.32 Å². The van der Waals surface area contributed by atoms with Gasteiger partial charge in [0.2, 0.25) is 0 Å². The maximum atomic E-state index is 6.19. The summed E-state index contributed by atoms with van der Waals surface area (Å²) in [7, 11) is -1.62. The third-order valence-electron chi connectivity index (χ3n) is 3.89. The Balaban J connectivity index is 2.51. The van der Waals surface area contributed by atoms with Crippen LogP contribution in [0.4, 0.5) is 0 Å². The van der Waals surface area contributed by atoms with Gasteiger partial charge in [-0.15, -0.1) is 6.58 Å². The molecule has 1 aliphatic heterocycles. The predicted octanol–water partition coefficient (Wildman–Crippen LogP) is 3.65. The molecule has 2 nitrogen and oxygen atoms in total. The van der Waals surface area contributed by atoms with Gasteiger partial charge in [0, 0.05) is 5.92 Å². The number of hydrogen-bond donors (Lipinski definition) is 0. The predicted molar refractivity (Wildman–Crippen MR) is 73.7 cm³/mol. The smallest absolute Gasteiger partial charge is 0.192 e. The Kier molecular flexibility index (Phi) is 4.13. The summed E-state index contributed by atoms with van der Waals surface area (Å²) in [4.78, 5) is 4.47. The summed E-state index contributed by atoms with van der Waals surface area (Å²) in [6, 6.07) is 0.298. The van der Waals surface area contributed by atoms with Crippen molar-refractivity contribution in [1.29, 1.82) is 0 Å². The van der Waals surface area contributed by atoms with Gasteiger partial charge < -0.3 is 4.43 Å². The summed E-state index contributed by atoms with van der Waals surface area (Å²) >= 11 is 0. The molecule has 0 saturated carbocycles. The second kappa shape index (κ2) is 4.84. The normalized spacial score (nSPS) is 26.1. The molecule has 1 heterocycles. The molecule has 0 fully saturated rings. The van der Waals surface area contributed by atoms with E-state index in [0.717, 1.165) is 13.0 Å². The van der Waals surface area contributed by atoms with Gasteiger partial charge in [0.05, 0.1) is 12.6 Å².